The third-order valence-corrected chi connectivity index (χ3v) is 7.25. The van der Waals surface area contributed by atoms with E-state index in [0.717, 1.165) is 24.1 Å². The topological polar surface area (TPSA) is 37.4 Å². The maximum Gasteiger partial charge on any atom is 0.252 e. The Morgan fingerprint density at radius 3 is 2.39 bits per heavy atom. The van der Waals surface area contributed by atoms with Gasteiger partial charge >= 0.3 is 0 Å². The lowest BCUT2D eigenvalue weighted by molar-refractivity contribution is 0.196. The Balaban J connectivity index is 2.17. The van der Waals surface area contributed by atoms with E-state index in [-0.39, 0.29) is 5.41 Å². The van der Waals surface area contributed by atoms with Crippen LogP contribution in [0.3, 0.4) is 0 Å². The molecule has 0 radical (unpaired) electrons. The van der Waals surface area contributed by atoms with Crippen LogP contribution in [0.1, 0.15) is 38.5 Å². The zero-order valence-electron chi connectivity index (χ0n) is 11.3. The van der Waals surface area contributed by atoms with E-state index in [1.54, 1.807) is 10.4 Å². The van der Waals surface area contributed by atoms with Gasteiger partial charge in [-0.1, -0.05) is 20.8 Å². The molecule has 5 heteroatoms. The molecule has 2 heterocycles. The molecule has 0 amide bonds. The molecule has 2 rings (SSSR count). The molecule has 0 N–H and O–H groups in total. The molecule has 1 aliphatic rings. The largest absolute Gasteiger partial charge is 0.252 e. The van der Waals surface area contributed by atoms with E-state index in [4.69, 9.17) is 0 Å². The van der Waals surface area contributed by atoms with Crippen LogP contribution in [-0.4, -0.2) is 25.8 Å². The van der Waals surface area contributed by atoms with Crippen molar-refractivity contribution in [2.24, 2.45) is 5.41 Å². The van der Waals surface area contributed by atoms with Gasteiger partial charge in [0.05, 0.1) is 0 Å². The third-order valence-electron chi connectivity index (χ3n) is 3.66. The second-order valence-electron chi connectivity index (χ2n) is 5.64. The van der Waals surface area contributed by atoms with Crippen molar-refractivity contribution in [2.75, 3.05) is 13.1 Å². The third kappa shape index (κ3) is 2.78. The van der Waals surface area contributed by atoms with Gasteiger partial charge in [-0.2, -0.15) is 4.31 Å². The molecule has 3 nitrogen and oxygen atoms in total. The highest BCUT2D eigenvalue weighted by Gasteiger charge is 2.33. The van der Waals surface area contributed by atoms with Crippen LogP contribution in [-0.2, 0) is 16.4 Å². The normalized spacial score (nSPS) is 21.1. The van der Waals surface area contributed by atoms with Gasteiger partial charge in [0.25, 0.3) is 10.0 Å². The van der Waals surface area contributed by atoms with Gasteiger partial charge in [0.2, 0.25) is 0 Å². The summed E-state index contributed by atoms with van der Waals surface area (Å²) in [5.74, 6) is 0. The van der Waals surface area contributed by atoms with Crippen LogP contribution in [0.4, 0.5) is 0 Å². The van der Waals surface area contributed by atoms with Crippen LogP contribution in [0, 0.1) is 5.41 Å². The Hall–Kier alpha value is -0.390. The quantitative estimate of drug-likeness (QED) is 0.856. The first kappa shape index (κ1) is 14.0. The fourth-order valence-corrected chi connectivity index (χ4v) is 5.04. The van der Waals surface area contributed by atoms with Crippen molar-refractivity contribution >= 4 is 21.4 Å². The smallest absolute Gasteiger partial charge is 0.206 e. The standard InChI is InChI=1S/C13H21NO2S2/c1-4-11-5-6-12(17-11)18(15,16)14-9-7-13(2,3)8-10-14/h5-6H,4,7-10H2,1-3H3. The first-order valence-electron chi connectivity index (χ1n) is 6.44. The van der Waals surface area contributed by atoms with E-state index in [1.807, 2.05) is 13.0 Å². The van der Waals surface area contributed by atoms with Crippen LogP contribution in [0.25, 0.3) is 0 Å². The summed E-state index contributed by atoms with van der Waals surface area (Å²) < 4.78 is 27.1. The van der Waals surface area contributed by atoms with Crippen molar-refractivity contribution in [1.29, 1.82) is 0 Å². The summed E-state index contributed by atoms with van der Waals surface area (Å²) in [7, 11) is -3.25. The van der Waals surface area contributed by atoms with Crippen LogP contribution in [0.15, 0.2) is 16.3 Å². The first-order chi connectivity index (χ1) is 8.35. The maximum atomic E-state index is 12.5. The molecule has 1 aliphatic heterocycles. The van der Waals surface area contributed by atoms with Crippen molar-refractivity contribution in [1.82, 2.24) is 4.31 Å². The Morgan fingerprint density at radius 1 is 1.28 bits per heavy atom. The van der Waals surface area contributed by atoms with Crippen LogP contribution in [0.5, 0.6) is 0 Å². The van der Waals surface area contributed by atoms with Gasteiger partial charge in [-0.05, 0) is 36.8 Å². The Kier molecular flexibility index (Phi) is 3.85. The number of rotatable bonds is 3. The minimum absolute atomic E-state index is 0.274. The SMILES string of the molecule is CCc1ccc(S(=O)(=O)N2CCC(C)(C)CC2)s1. The Labute approximate surface area is 114 Å². The molecule has 0 saturated carbocycles. The number of thiophene rings is 1. The number of piperidine rings is 1. The zero-order chi connectivity index (χ0) is 13.4. The lowest BCUT2D eigenvalue weighted by Gasteiger charge is -2.35. The number of hydrogen-bond acceptors (Lipinski definition) is 3. The lowest BCUT2D eigenvalue weighted by Crippen LogP contribution is -2.40. The molecule has 0 bridgehead atoms. The summed E-state index contributed by atoms with van der Waals surface area (Å²) in [5, 5.41) is 0. The summed E-state index contributed by atoms with van der Waals surface area (Å²) in [6.07, 6.45) is 2.78. The molecular weight excluding hydrogens is 266 g/mol. The van der Waals surface area contributed by atoms with Gasteiger partial charge in [0, 0.05) is 18.0 Å². The molecule has 0 unspecified atom stereocenters. The fraction of sp³-hybridized carbons (Fsp3) is 0.692. The number of aryl methyl sites for hydroxylation is 1. The summed E-state index contributed by atoms with van der Waals surface area (Å²) >= 11 is 1.40. The molecule has 0 aromatic carbocycles. The Morgan fingerprint density at radius 2 is 1.89 bits per heavy atom. The lowest BCUT2D eigenvalue weighted by atomic mass is 9.83. The van der Waals surface area contributed by atoms with Crippen LogP contribution in [0.2, 0.25) is 0 Å². The first-order valence-corrected chi connectivity index (χ1v) is 8.70. The summed E-state index contributed by atoms with van der Waals surface area (Å²) in [6.45, 7) is 7.75. The monoisotopic (exact) mass is 287 g/mol. The minimum atomic E-state index is -3.25. The average molecular weight is 287 g/mol. The van der Waals surface area contributed by atoms with Crippen molar-refractivity contribution < 1.29 is 8.42 Å². The Bertz CT molecular complexity index is 507. The van der Waals surface area contributed by atoms with Crippen LogP contribution >= 0.6 is 11.3 Å². The number of hydrogen-bond donors (Lipinski definition) is 0. The van der Waals surface area contributed by atoms with Crippen molar-refractivity contribution in [3.63, 3.8) is 0 Å². The molecule has 0 atom stereocenters. The summed E-state index contributed by atoms with van der Waals surface area (Å²) in [6, 6.07) is 3.67. The van der Waals surface area contributed by atoms with Crippen molar-refractivity contribution in [3.8, 4) is 0 Å². The molecule has 102 valence electrons. The highest BCUT2D eigenvalue weighted by Crippen LogP contribution is 2.33. The average Bonchev–Trinajstić information content (AvgIpc) is 2.77. The highest BCUT2D eigenvalue weighted by atomic mass is 32.2. The predicted octanol–water partition coefficient (Wildman–Crippen LogP) is 3.12. The molecule has 0 spiro atoms. The second kappa shape index (κ2) is 4.94. The molecular formula is C13H21NO2S2. The van der Waals surface area contributed by atoms with Gasteiger partial charge in [-0.15, -0.1) is 11.3 Å². The molecule has 0 aliphatic carbocycles. The summed E-state index contributed by atoms with van der Waals surface area (Å²) in [4.78, 5) is 1.13. The fourth-order valence-electron chi connectivity index (χ4n) is 2.15. The second-order valence-corrected chi connectivity index (χ2v) is 8.98. The van der Waals surface area contributed by atoms with Crippen molar-refractivity contribution in [2.45, 2.75) is 44.2 Å². The van der Waals surface area contributed by atoms with Crippen LogP contribution < -0.4 is 0 Å². The molecule has 18 heavy (non-hydrogen) atoms. The van der Waals surface area contributed by atoms with Gasteiger partial charge in [0.1, 0.15) is 4.21 Å². The molecule has 1 saturated heterocycles. The van der Waals surface area contributed by atoms with E-state index >= 15 is 0 Å². The number of nitrogens with zero attached hydrogens (tertiary/aromatic N) is 1. The van der Waals surface area contributed by atoms with E-state index in [9.17, 15) is 8.42 Å². The van der Waals surface area contributed by atoms with E-state index in [1.165, 1.54) is 11.3 Å². The highest BCUT2D eigenvalue weighted by molar-refractivity contribution is 7.91. The van der Waals surface area contributed by atoms with Gasteiger partial charge < -0.3 is 0 Å². The molecule has 1 aromatic rings. The zero-order valence-corrected chi connectivity index (χ0v) is 12.9. The van der Waals surface area contributed by atoms with Gasteiger partial charge in [-0.25, -0.2) is 8.42 Å². The number of sulfonamides is 1. The minimum Gasteiger partial charge on any atom is -0.206 e. The maximum absolute atomic E-state index is 12.5. The van der Waals surface area contributed by atoms with Gasteiger partial charge in [-0.3, -0.25) is 0 Å². The van der Waals surface area contributed by atoms with Crippen molar-refractivity contribution in [3.05, 3.63) is 17.0 Å². The van der Waals surface area contributed by atoms with E-state index < -0.39 is 10.0 Å². The van der Waals surface area contributed by atoms with E-state index in [2.05, 4.69) is 13.8 Å². The summed E-state index contributed by atoms with van der Waals surface area (Å²) in [5.41, 5.74) is 0.274. The van der Waals surface area contributed by atoms with Gasteiger partial charge in [0.15, 0.2) is 0 Å². The molecule has 1 fully saturated rings. The van der Waals surface area contributed by atoms with E-state index in [0.29, 0.717) is 17.3 Å². The predicted molar refractivity (Wildman–Crippen MR) is 75.5 cm³/mol. The molecule has 1 aromatic heterocycles.